The van der Waals surface area contributed by atoms with E-state index in [1.807, 2.05) is 0 Å². The van der Waals surface area contributed by atoms with Gasteiger partial charge in [-0.15, -0.1) is 0 Å². The number of rotatable bonds is 5. The maximum atomic E-state index is 14.9. The Morgan fingerprint density at radius 1 is 1.05 bits per heavy atom. The van der Waals surface area contributed by atoms with Gasteiger partial charge in [-0.2, -0.15) is 13.2 Å². The van der Waals surface area contributed by atoms with Crippen molar-refractivity contribution < 1.29 is 26.7 Å². The molecule has 0 saturated heterocycles. The van der Waals surface area contributed by atoms with Crippen LogP contribution in [0.3, 0.4) is 0 Å². The molecule has 0 spiro atoms. The van der Waals surface area contributed by atoms with Crippen LogP contribution in [0, 0.1) is 11.6 Å². The molecule has 5 rings (SSSR count). The van der Waals surface area contributed by atoms with E-state index in [9.17, 15) is 31.5 Å². The van der Waals surface area contributed by atoms with Crippen LogP contribution in [0.25, 0.3) is 16.5 Å². The number of alkyl halides is 3. The Kier molecular flexibility index (Phi) is 6.25. The van der Waals surface area contributed by atoms with Crippen LogP contribution >= 0.6 is 0 Å². The summed E-state index contributed by atoms with van der Waals surface area (Å²) in [5, 5.41) is 8.51. The van der Waals surface area contributed by atoms with Gasteiger partial charge in [-0.25, -0.2) is 18.6 Å². The number of pyridine rings is 2. The van der Waals surface area contributed by atoms with Gasteiger partial charge >= 0.3 is 12.2 Å². The number of urea groups is 1. The third kappa shape index (κ3) is 4.89. The van der Waals surface area contributed by atoms with Gasteiger partial charge in [-0.3, -0.25) is 9.36 Å². The molecule has 2 amide bonds. The Morgan fingerprint density at radius 2 is 1.82 bits per heavy atom. The van der Waals surface area contributed by atoms with E-state index in [4.69, 9.17) is 0 Å². The van der Waals surface area contributed by atoms with Crippen molar-refractivity contribution in [2.24, 2.45) is 0 Å². The molecule has 0 atom stereocenters. The fourth-order valence-electron chi connectivity index (χ4n) is 4.20. The van der Waals surface area contributed by atoms with Crippen molar-refractivity contribution in [1.82, 2.24) is 9.55 Å². The quantitative estimate of drug-likeness (QED) is 0.267. The molecule has 196 valence electrons. The lowest BCUT2D eigenvalue weighted by molar-refractivity contribution is -0.137. The summed E-state index contributed by atoms with van der Waals surface area (Å²) in [4.78, 5) is 30.1. The van der Waals surface area contributed by atoms with E-state index in [-0.39, 0.29) is 17.3 Å². The monoisotopic (exact) mass is 529 g/mol. The van der Waals surface area contributed by atoms with Gasteiger partial charge in [0.1, 0.15) is 17.5 Å². The minimum atomic E-state index is -4.62. The van der Waals surface area contributed by atoms with E-state index in [1.54, 1.807) is 13.1 Å². The summed E-state index contributed by atoms with van der Waals surface area (Å²) in [6.07, 6.45) is -0.118. The van der Waals surface area contributed by atoms with Gasteiger partial charge < -0.3 is 16.0 Å². The molecular formula is C26H20F5N5O2. The van der Waals surface area contributed by atoms with Crippen molar-refractivity contribution in [3.8, 4) is 5.69 Å². The van der Waals surface area contributed by atoms with Crippen molar-refractivity contribution in [1.29, 1.82) is 0 Å². The smallest absolute Gasteiger partial charge is 0.373 e. The van der Waals surface area contributed by atoms with Crippen LogP contribution in [0.1, 0.15) is 29.9 Å². The van der Waals surface area contributed by atoms with Crippen LogP contribution in [-0.2, 0) is 6.18 Å². The minimum Gasteiger partial charge on any atom is -0.373 e. The fraction of sp³-hybridized carbons (Fsp3) is 0.192. The van der Waals surface area contributed by atoms with Crippen molar-refractivity contribution in [2.75, 3.05) is 23.0 Å². The number of hydrogen-bond acceptors (Lipinski definition) is 4. The average molecular weight is 529 g/mol. The second-order valence-corrected chi connectivity index (χ2v) is 8.84. The van der Waals surface area contributed by atoms with Crippen LogP contribution in [0.5, 0.6) is 0 Å². The highest BCUT2D eigenvalue weighted by Gasteiger charge is 2.31. The van der Waals surface area contributed by atoms with Gasteiger partial charge in [-0.1, -0.05) is 6.07 Å². The number of benzene rings is 2. The molecule has 2 aromatic carbocycles. The molecule has 0 aliphatic heterocycles. The van der Waals surface area contributed by atoms with E-state index >= 15 is 0 Å². The largest absolute Gasteiger partial charge is 0.416 e. The molecule has 1 saturated carbocycles. The Morgan fingerprint density at radius 3 is 2.50 bits per heavy atom. The topological polar surface area (TPSA) is 88.0 Å². The first-order valence-electron chi connectivity index (χ1n) is 11.5. The number of nitrogens with one attached hydrogen (secondary N) is 3. The number of halogens is 5. The van der Waals surface area contributed by atoms with E-state index in [0.717, 1.165) is 35.6 Å². The lowest BCUT2D eigenvalue weighted by Gasteiger charge is -2.15. The third-order valence-electron chi connectivity index (χ3n) is 6.18. The molecule has 2 heterocycles. The molecule has 2 aromatic heterocycles. The van der Waals surface area contributed by atoms with Crippen LogP contribution in [-0.4, -0.2) is 22.6 Å². The number of amides is 2. The predicted octanol–water partition coefficient (Wildman–Crippen LogP) is 6.25. The van der Waals surface area contributed by atoms with Crippen LogP contribution in [0.2, 0.25) is 0 Å². The molecular weight excluding hydrogens is 509 g/mol. The lowest BCUT2D eigenvalue weighted by Crippen LogP contribution is -2.24. The SMILES string of the molecule is CNc1cc2c(C3CC3)c(=O)n(-c3cc(NC(=O)Nc4cccc(C(F)(F)F)c4)c(F)cc3F)cc2cn1. The van der Waals surface area contributed by atoms with E-state index in [0.29, 0.717) is 34.3 Å². The molecule has 3 N–H and O–H groups in total. The Labute approximate surface area is 212 Å². The summed E-state index contributed by atoms with van der Waals surface area (Å²) < 4.78 is 69.4. The number of anilines is 3. The summed E-state index contributed by atoms with van der Waals surface area (Å²) in [7, 11) is 1.69. The number of nitrogens with zero attached hydrogens (tertiary/aromatic N) is 2. The number of carbonyl (C=O) groups is 1. The zero-order chi connectivity index (χ0) is 27.2. The van der Waals surface area contributed by atoms with Gasteiger partial charge in [-0.05, 0) is 54.5 Å². The van der Waals surface area contributed by atoms with Gasteiger partial charge in [0, 0.05) is 42.1 Å². The number of aromatic nitrogens is 2. The minimum absolute atomic E-state index is 0.0103. The standard InChI is InChI=1S/C26H20F5N5O2/c1-32-22-8-17-14(11-33-22)12-36(24(37)23(17)13-5-6-13)21-10-20(18(27)9-19(21)28)35-25(38)34-16-4-2-3-15(7-16)26(29,30)31/h2-4,7-13,32H,5-6H2,1H3,(H2,34,35,38). The summed E-state index contributed by atoms with van der Waals surface area (Å²) in [5.41, 5.74) is -1.96. The zero-order valence-electron chi connectivity index (χ0n) is 19.8. The molecule has 1 fully saturated rings. The molecule has 1 aliphatic carbocycles. The van der Waals surface area contributed by atoms with E-state index < -0.39 is 40.7 Å². The molecule has 7 nitrogen and oxygen atoms in total. The lowest BCUT2D eigenvalue weighted by atomic mass is 10.0. The van der Waals surface area contributed by atoms with Gasteiger partial charge in [0.05, 0.1) is 16.9 Å². The zero-order valence-corrected chi connectivity index (χ0v) is 19.8. The first kappa shape index (κ1) is 25.2. The first-order valence-corrected chi connectivity index (χ1v) is 11.5. The van der Waals surface area contributed by atoms with Crippen molar-refractivity contribution in [3.05, 3.63) is 88.0 Å². The molecule has 4 aromatic rings. The van der Waals surface area contributed by atoms with Crippen molar-refractivity contribution >= 4 is 34.0 Å². The predicted molar refractivity (Wildman–Crippen MR) is 133 cm³/mol. The highest BCUT2D eigenvalue weighted by Crippen LogP contribution is 2.42. The van der Waals surface area contributed by atoms with Crippen LogP contribution in [0.15, 0.2) is 59.7 Å². The highest BCUT2D eigenvalue weighted by atomic mass is 19.4. The Bertz CT molecular complexity index is 1630. The van der Waals surface area contributed by atoms with E-state index in [1.165, 1.54) is 18.5 Å². The van der Waals surface area contributed by atoms with E-state index in [2.05, 4.69) is 20.9 Å². The highest BCUT2D eigenvalue weighted by molar-refractivity contribution is 6.00. The maximum Gasteiger partial charge on any atom is 0.416 e. The van der Waals surface area contributed by atoms with Crippen LogP contribution in [0.4, 0.5) is 43.9 Å². The Balaban J connectivity index is 1.51. The second kappa shape index (κ2) is 9.43. The normalized spacial score (nSPS) is 13.4. The third-order valence-corrected chi connectivity index (χ3v) is 6.18. The molecule has 0 bridgehead atoms. The number of carbonyl (C=O) groups excluding carboxylic acids is 1. The van der Waals surface area contributed by atoms with Gasteiger partial charge in [0.25, 0.3) is 5.56 Å². The molecule has 12 heteroatoms. The first-order chi connectivity index (χ1) is 18.0. The average Bonchev–Trinajstić information content (AvgIpc) is 3.70. The summed E-state index contributed by atoms with van der Waals surface area (Å²) in [6, 6.07) is 6.03. The number of fused-ring (bicyclic) bond motifs is 1. The number of hydrogen-bond donors (Lipinski definition) is 3. The van der Waals surface area contributed by atoms with Gasteiger partial charge in [0.15, 0.2) is 0 Å². The molecule has 1 aliphatic rings. The molecule has 0 unspecified atom stereocenters. The Hall–Kier alpha value is -4.48. The van der Waals surface area contributed by atoms with Crippen molar-refractivity contribution in [2.45, 2.75) is 24.9 Å². The summed E-state index contributed by atoms with van der Waals surface area (Å²) in [5.74, 6) is -1.64. The maximum absolute atomic E-state index is 14.9. The van der Waals surface area contributed by atoms with Crippen molar-refractivity contribution in [3.63, 3.8) is 0 Å². The second-order valence-electron chi connectivity index (χ2n) is 8.84. The molecule has 38 heavy (non-hydrogen) atoms. The summed E-state index contributed by atoms with van der Waals surface area (Å²) >= 11 is 0. The molecule has 0 radical (unpaired) electrons. The van der Waals surface area contributed by atoms with Gasteiger partial charge in [0.2, 0.25) is 0 Å². The fourth-order valence-corrected chi connectivity index (χ4v) is 4.20. The summed E-state index contributed by atoms with van der Waals surface area (Å²) in [6.45, 7) is 0. The van der Waals surface area contributed by atoms with Crippen LogP contribution < -0.4 is 21.5 Å².